The highest BCUT2D eigenvalue weighted by molar-refractivity contribution is 5.83. The molecule has 6 heteroatoms. The van der Waals surface area contributed by atoms with Gasteiger partial charge in [0.1, 0.15) is 6.04 Å². The SMILES string of the molecule is COC1[C@@H]2CC[C@H]1CN(C(=O)[C@H]1NCCc3[nH]cnc31)C2. The van der Waals surface area contributed by atoms with Gasteiger partial charge in [-0.15, -0.1) is 0 Å². The van der Waals surface area contributed by atoms with Crippen LogP contribution in [0.15, 0.2) is 6.33 Å². The Morgan fingerprint density at radius 3 is 2.86 bits per heavy atom. The normalized spacial score (nSPS) is 34.8. The molecule has 21 heavy (non-hydrogen) atoms. The van der Waals surface area contributed by atoms with Crippen molar-refractivity contribution in [2.24, 2.45) is 11.8 Å². The van der Waals surface area contributed by atoms with E-state index in [0.717, 1.165) is 37.4 Å². The Morgan fingerprint density at radius 2 is 2.14 bits per heavy atom. The molecule has 0 spiro atoms. The van der Waals surface area contributed by atoms with Gasteiger partial charge in [0.25, 0.3) is 0 Å². The fourth-order valence-electron chi connectivity index (χ4n) is 4.34. The zero-order valence-corrected chi connectivity index (χ0v) is 12.3. The number of carbonyl (C=O) groups excluding carboxylic acids is 1. The summed E-state index contributed by atoms with van der Waals surface area (Å²) in [6.07, 6.45) is 5.31. The first-order valence-electron chi connectivity index (χ1n) is 7.85. The Balaban J connectivity index is 1.52. The molecule has 0 aromatic carbocycles. The standard InChI is InChI=1S/C15H22N4O2/c1-21-14-9-2-3-10(14)7-19(6-9)15(20)13-12-11(4-5-16-13)17-8-18-12/h8-10,13-14,16H,2-7H2,1H3,(H,17,18)/t9-,10+,13-,14?/m0/s1. The summed E-state index contributed by atoms with van der Waals surface area (Å²) in [5.74, 6) is 1.18. The van der Waals surface area contributed by atoms with Gasteiger partial charge in [-0.05, 0) is 12.8 Å². The maximum absolute atomic E-state index is 12.9. The van der Waals surface area contributed by atoms with Crippen molar-refractivity contribution in [2.75, 3.05) is 26.7 Å². The molecule has 3 heterocycles. The minimum Gasteiger partial charge on any atom is -0.381 e. The summed E-state index contributed by atoms with van der Waals surface area (Å²) in [4.78, 5) is 22.4. The lowest BCUT2D eigenvalue weighted by Crippen LogP contribution is -2.52. The number of aromatic amines is 1. The summed E-state index contributed by atoms with van der Waals surface area (Å²) >= 11 is 0. The molecular formula is C15H22N4O2. The number of hydrogen-bond donors (Lipinski definition) is 2. The van der Waals surface area contributed by atoms with Crippen LogP contribution in [0.4, 0.5) is 0 Å². The summed E-state index contributed by atoms with van der Waals surface area (Å²) in [5.41, 5.74) is 1.98. The first kappa shape index (κ1) is 13.3. The Morgan fingerprint density at radius 1 is 1.38 bits per heavy atom. The van der Waals surface area contributed by atoms with Gasteiger partial charge in [0.05, 0.1) is 18.1 Å². The number of nitrogens with one attached hydrogen (secondary N) is 2. The molecule has 1 aliphatic carbocycles. The summed E-state index contributed by atoms with van der Waals surface area (Å²) < 4.78 is 5.62. The molecule has 1 aromatic heterocycles. The van der Waals surface area contributed by atoms with Gasteiger partial charge in [-0.3, -0.25) is 4.79 Å². The fraction of sp³-hybridized carbons (Fsp3) is 0.733. The Hall–Kier alpha value is -1.40. The second-order valence-electron chi connectivity index (χ2n) is 6.44. The number of aromatic nitrogens is 2. The number of H-pyrrole nitrogens is 1. The first-order valence-corrected chi connectivity index (χ1v) is 7.85. The van der Waals surface area contributed by atoms with Crippen LogP contribution in [0.5, 0.6) is 0 Å². The van der Waals surface area contributed by atoms with Gasteiger partial charge in [0, 0.05) is 50.7 Å². The zero-order valence-electron chi connectivity index (χ0n) is 12.3. The van der Waals surface area contributed by atoms with Crippen molar-refractivity contribution in [1.82, 2.24) is 20.2 Å². The van der Waals surface area contributed by atoms with Crippen LogP contribution >= 0.6 is 0 Å². The van der Waals surface area contributed by atoms with Crippen LogP contribution in [0.2, 0.25) is 0 Å². The fourth-order valence-corrected chi connectivity index (χ4v) is 4.34. The topological polar surface area (TPSA) is 70.2 Å². The highest BCUT2D eigenvalue weighted by Gasteiger charge is 2.45. The van der Waals surface area contributed by atoms with Crippen molar-refractivity contribution in [3.05, 3.63) is 17.7 Å². The summed E-state index contributed by atoms with van der Waals surface area (Å²) in [7, 11) is 1.80. The highest BCUT2D eigenvalue weighted by atomic mass is 16.5. The van der Waals surface area contributed by atoms with E-state index in [9.17, 15) is 4.79 Å². The van der Waals surface area contributed by atoms with Crippen molar-refractivity contribution < 1.29 is 9.53 Å². The lowest BCUT2D eigenvalue weighted by molar-refractivity contribution is -0.139. The van der Waals surface area contributed by atoms with Crippen LogP contribution in [0.25, 0.3) is 0 Å². The molecule has 1 saturated heterocycles. The minimum absolute atomic E-state index is 0.175. The van der Waals surface area contributed by atoms with Crippen LogP contribution in [0.3, 0.4) is 0 Å². The Kier molecular flexibility index (Phi) is 3.23. The van der Waals surface area contributed by atoms with Crippen LogP contribution in [-0.2, 0) is 16.0 Å². The Bertz CT molecular complexity index is 530. The van der Waals surface area contributed by atoms with Crippen LogP contribution in [0.1, 0.15) is 30.3 Å². The quantitative estimate of drug-likeness (QED) is 0.831. The zero-order chi connectivity index (χ0) is 14.4. The second-order valence-corrected chi connectivity index (χ2v) is 6.44. The molecule has 2 aliphatic heterocycles. The van der Waals surface area contributed by atoms with Crippen LogP contribution in [0, 0.1) is 11.8 Å². The van der Waals surface area contributed by atoms with Crippen molar-refractivity contribution >= 4 is 5.91 Å². The van der Waals surface area contributed by atoms with Crippen molar-refractivity contribution in [3.63, 3.8) is 0 Å². The predicted molar refractivity (Wildman–Crippen MR) is 76.6 cm³/mol. The van der Waals surface area contributed by atoms with Gasteiger partial charge >= 0.3 is 0 Å². The number of nitrogens with zero attached hydrogens (tertiary/aromatic N) is 2. The van der Waals surface area contributed by atoms with Gasteiger partial charge in [-0.2, -0.15) is 0 Å². The van der Waals surface area contributed by atoms with E-state index in [0.29, 0.717) is 17.9 Å². The molecule has 2 fully saturated rings. The third kappa shape index (κ3) is 2.08. The van der Waals surface area contributed by atoms with E-state index in [4.69, 9.17) is 4.74 Å². The molecule has 6 nitrogen and oxygen atoms in total. The number of amides is 1. The van der Waals surface area contributed by atoms with E-state index >= 15 is 0 Å². The van der Waals surface area contributed by atoms with E-state index in [1.54, 1.807) is 13.4 Å². The number of likely N-dealkylation sites (tertiary alicyclic amines) is 1. The van der Waals surface area contributed by atoms with Gasteiger partial charge in [0.15, 0.2) is 0 Å². The molecular weight excluding hydrogens is 268 g/mol. The molecule has 4 rings (SSSR count). The average molecular weight is 290 g/mol. The van der Waals surface area contributed by atoms with Crippen molar-refractivity contribution in [3.8, 4) is 0 Å². The van der Waals surface area contributed by atoms with E-state index in [1.807, 2.05) is 4.90 Å². The minimum atomic E-state index is -0.279. The lowest BCUT2D eigenvalue weighted by atomic mass is 9.93. The predicted octanol–water partition coefficient (Wildman–Crippen LogP) is 0.480. The van der Waals surface area contributed by atoms with Gasteiger partial charge in [-0.25, -0.2) is 4.98 Å². The number of ether oxygens (including phenoxy) is 1. The molecule has 2 bridgehead atoms. The van der Waals surface area contributed by atoms with Gasteiger partial charge in [0.2, 0.25) is 5.91 Å². The van der Waals surface area contributed by atoms with Crippen LogP contribution in [-0.4, -0.2) is 53.6 Å². The smallest absolute Gasteiger partial charge is 0.246 e. The molecule has 1 unspecified atom stereocenters. The molecule has 2 N–H and O–H groups in total. The number of fused-ring (bicyclic) bond motifs is 3. The molecule has 0 radical (unpaired) electrons. The third-order valence-electron chi connectivity index (χ3n) is 5.33. The van der Waals surface area contributed by atoms with E-state index in [2.05, 4.69) is 15.3 Å². The molecule has 1 amide bonds. The largest absolute Gasteiger partial charge is 0.381 e. The van der Waals surface area contributed by atoms with Gasteiger partial charge in [-0.1, -0.05) is 0 Å². The number of carbonyl (C=O) groups is 1. The van der Waals surface area contributed by atoms with Crippen molar-refractivity contribution in [2.45, 2.75) is 31.4 Å². The molecule has 3 aliphatic rings. The van der Waals surface area contributed by atoms with Gasteiger partial charge < -0.3 is 19.9 Å². The molecule has 1 saturated carbocycles. The Labute approximate surface area is 124 Å². The number of rotatable bonds is 2. The lowest BCUT2D eigenvalue weighted by Gasteiger charge is -2.39. The van der Waals surface area contributed by atoms with E-state index in [1.165, 1.54) is 12.8 Å². The average Bonchev–Trinajstić information content (AvgIpc) is 3.08. The van der Waals surface area contributed by atoms with Crippen molar-refractivity contribution in [1.29, 1.82) is 0 Å². The van der Waals surface area contributed by atoms with E-state index in [-0.39, 0.29) is 11.9 Å². The monoisotopic (exact) mass is 290 g/mol. The molecule has 4 atom stereocenters. The second kappa shape index (κ2) is 5.10. The number of hydrogen-bond acceptors (Lipinski definition) is 4. The van der Waals surface area contributed by atoms with E-state index < -0.39 is 0 Å². The number of imidazole rings is 1. The summed E-state index contributed by atoms with van der Waals surface area (Å²) in [6, 6.07) is -0.279. The first-order chi connectivity index (χ1) is 10.3. The molecule has 114 valence electrons. The number of piperidine rings is 1. The summed E-state index contributed by atoms with van der Waals surface area (Å²) in [5, 5.41) is 3.33. The molecule has 1 aromatic rings. The maximum atomic E-state index is 12.9. The summed E-state index contributed by atoms with van der Waals surface area (Å²) in [6.45, 7) is 2.48. The highest BCUT2D eigenvalue weighted by Crippen LogP contribution is 2.39. The number of methoxy groups -OCH3 is 1. The van der Waals surface area contributed by atoms with Crippen LogP contribution < -0.4 is 5.32 Å². The third-order valence-corrected chi connectivity index (χ3v) is 5.33. The maximum Gasteiger partial charge on any atom is 0.246 e.